The number of amides is 1. The Hall–Kier alpha value is -1.36. The number of hydrogen-bond donors (Lipinski definition) is 1. The second kappa shape index (κ2) is 4.39. The predicted molar refractivity (Wildman–Crippen MR) is 68.5 cm³/mol. The molecule has 18 heavy (non-hydrogen) atoms. The summed E-state index contributed by atoms with van der Waals surface area (Å²) in [6.07, 6.45) is 0.772. The Labute approximate surface area is 107 Å². The van der Waals surface area contributed by atoms with Crippen LogP contribution in [0.5, 0.6) is 0 Å². The third-order valence-electron chi connectivity index (χ3n) is 3.31. The molecule has 0 aromatic heterocycles. The van der Waals surface area contributed by atoms with Crippen molar-refractivity contribution >= 4 is 15.9 Å². The Kier molecular flexibility index (Phi) is 3.19. The van der Waals surface area contributed by atoms with Crippen LogP contribution >= 0.6 is 0 Å². The van der Waals surface area contributed by atoms with Crippen molar-refractivity contribution < 1.29 is 13.2 Å². The number of carbonyl (C=O) groups is 1. The summed E-state index contributed by atoms with van der Waals surface area (Å²) in [5.74, 6) is -0.243. The fourth-order valence-electron chi connectivity index (χ4n) is 1.95. The lowest BCUT2D eigenvalue weighted by molar-refractivity contribution is -0.120. The van der Waals surface area contributed by atoms with Gasteiger partial charge >= 0.3 is 0 Å². The van der Waals surface area contributed by atoms with Crippen LogP contribution in [-0.4, -0.2) is 14.3 Å². The largest absolute Gasteiger partial charge is 0.274 e. The second-order valence-electron chi connectivity index (χ2n) is 5.06. The first kappa shape index (κ1) is 13.1. The number of sulfonamides is 1. The van der Waals surface area contributed by atoms with E-state index in [1.54, 1.807) is 19.1 Å². The minimum atomic E-state index is -3.74. The summed E-state index contributed by atoms with van der Waals surface area (Å²) in [7, 11) is -3.74. The second-order valence-corrected chi connectivity index (χ2v) is 6.71. The van der Waals surface area contributed by atoms with E-state index >= 15 is 0 Å². The van der Waals surface area contributed by atoms with E-state index < -0.39 is 10.0 Å². The SMILES string of the molecule is Cc1ccc(C)c(S(=O)(=O)NC(=O)C2CC2C)c1. The molecular formula is C13H17NO3S. The summed E-state index contributed by atoms with van der Waals surface area (Å²) in [4.78, 5) is 11.9. The number of hydrogen-bond acceptors (Lipinski definition) is 3. The van der Waals surface area contributed by atoms with Gasteiger partial charge in [0.1, 0.15) is 0 Å². The van der Waals surface area contributed by atoms with Crippen LogP contribution in [0.15, 0.2) is 23.1 Å². The zero-order valence-corrected chi connectivity index (χ0v) is 11.5. The molecule has 0 aliphatic heterocycles. The highest BCUT2D eigenvalue weighted by Crippen LogP contribution is 2.38. The van der Waals surface area contributed by atoms with Gasteiger partial charge in [-0.15, -0.1) is 0 Å². The first-order valence-electron chi connectivity index (χ1n) is 5.95. The number of aryl methyl sites for hydroxylation is 2. The zero-order valence-electron chi connectivity index (χ0n) is 10.7. The quantitative estimate of drug-likeness (QED) is 0.907. The van der Waals surface area contributed by atoms with Crippen LogP contribution < -0.4 is 4.72 Å². The van der Waals surface area contributed by atoms with Crippen LogP contribution in [-0.2, 0) is 14.8 Å². The maximum atomic E-state index is 12.1. The minimum absolute atomic E-state index is 0.148. The monoisotopic (exact) mass is 267 g/mol. The molecule has 5 heteroatoms. The van der Waals surface area contributed by atoms with Crippen LogP contribution in [0.4, 0.5) is 0 Å². The molecular weight excluding hydrogens is 250 g/mol. The average molecular weight is 267 g/mol. The van der Waals surface area contributed by atoms with Crippen molar-refractivity contribution in [3.05, 3.63) is 29.3 Å². The van der Waals surface area contributed by atoms with Crippen molar-refractivity contribution in [1.82, 2.24) is 4.72 Å². The normalized spacial score (nSPS) is 22.6. The molecule has 2 rings (SSSR count). The number of carbonyl (C=O) groups excluding carboxylic acids is 1. The lowest BCUT2D eigenvalue weighted by Crippen LogP contribution is -2.32. The third kappa shape index (κ3) is 2.56. The highest BCUT2D eigenvalue weighted by molar-refractivity contribution is 7.90. The van der Waals surface area contributed by atoms with Crippen LogP contribution in [0.1, 0.15) is 24.5 Å². The molecule has 1 N–H and O–H groups in total. The van der Waals surface area contributed by atoms with Gasteiger partial charge in [0.05, 0.1) is 4.90 Å². The number of rotatable bonds is 3. The van der Waals surface area contributed by atoms with Gasteiger partial charge in [0, 0.05) is 5.92 Å². The highest BCUT2D eigenvalue weighted by Gasteiger charge is 2.40. The molecule has 1 saturated carbocycles. The molecule has 98 valence electrons. The molecule has 2 atom stereocenters. The topological polar surface area (TPSA) is 63.2 Å². The fourth-order valence-corrected chi connectivity index (χ4v) is 3.31. The molecule has 0 radical (unpaired) electrons. The van der Waals surface area contributed by atoms with E-state index in [4.69, 9.17) is 0 Å². The molecule has 2 unspecified atom stereocenters. The summed E-state index contributed by atoms with van der Waals surface area (Å²) in [5, 5.41) is 0. The van der Waals surface area contributed by atoms with E-state index in [0.717, 1.165) is 12.0 Å². The third-order valence-corrected chi connectivity index (χ3v) is 4.80. The van der Waals surface area contributed by atoms with Crippen LogP contribution in [0.25, 0.3) is 0 Å². The summed E-state index contributed by atoms with van der Waals surface area (Å²) in [6, 6.07) is 5.18. The molecule has 0 heterocycles. The molecule has 4 nitrogen and oxygen atoms in total. The minimum Gasteiger partial charge on any atom is -0.274 e. The molecule has 1 aliphatic carbocycles. The van der Waals surface area contributed by atoms with Crippen molar-refractivity contribution in [1.29, 1.82) is 0 Å². The summed E-state index contributed by atoms with van der Waals surface area (Å²) in [5.41, 5.74) is 1.50. The van der Waals surface area contributed by atoms with Crippen LogP contribution in [0, 0.1) is 25.7 Å². The van der Waals surface area contributed by atoms with E-state index in [0.29, 0.717) is 11.5 Å². The summed E-state index contributed by atoms with van der Waals surface area (Å²) < 4.78 is 26.4. The van der Waals surface area contributed by atoms with Gasteiger partial charge in [0.25, 0.3) is 10.0 Å². The lowest BCUT2D eigenvalue weighted by Gasteiger charge is -2.09. The van der Waals surface area contributed by atoms with Gasteiger partial charge in [0.15, 0.2) is 0 Å². The van der Waals surface area contributed by atoms with Gasteiger partial charge in [-0.3, -0.25) is 4.79 Å². The first-order chi connectivity index (χ1) is 8.31. The van der Waals surface area contributed by atoms with Gasteiger partial charge in [-0.1, -0.05) is 19.1 Å². The summed E-state index contributed by atoms with van der Waals surface area (Å²) >= 11 is 0. The molecule has 1 fully saturated rings. The van der Waals surface area contributed by atoms with Gasteiger partial charge in [-0.2, -0.15) is 0 Å². The molecule has 1 aliphatic rings. The molecule has 1 amide bonds. The van der Waals surface area contributed by atoms with Crippen LogP contribution in [0.2, 0.25) is 0 Å². The number of nitrogens with one attached hydrogen (secondary N) is 1. The van der Waals surface area contributed by atoms with Gasteiger partial charge in [0.2, 0.25) is 5.91 Å². The van der Waals surface area contributed by atoms with E-state index in [9.17, 15) is 13.2 Å². The average Bonchev–Trinajstić information content (AvgIpc) is 2.98. The Morgan fingerprint density at radius 3 is 2.50 bits per heavy atom. The Balaban J connectivity index is 2.25. The van der Waals surface area contributed by atoms with Gasteiger partial charge in [-0.25, -0.2) is 13.1 Å². The smallest absolute Gasteiger partial charge is 0.264 e. The Morgan fingerprint density at radius 2 is 1.94 bits per heavy atom. The van der Waals surface area contributed by atoms with Crippen molar-refractivity contribution in [3.8, 4) is 0 Å². The fraction of sp³-hybridized carbons (Fsp3) is 0.462. The van der Waals surface area contributed by atoms with Crippen LogP contribution in [0.3, 0.4) is 0 Å². The molecule has 1 aromatic rings. The first-order valence-corrected chi connectivity index (χ1v) is 7.43. The van der Waals surface area contributed by atoms with E-state index in [2.05, 4.69) is 4.72 Å². The van der Waals surface area contributed by atoms with E-state index in [-0.39, 0.29) is 16.7 Å². The summed E-state index contributed by atoms with van der Waals surface area (Å²) in [6.45, 7) is 5.48. The standard InChI is InChI=1S/C13H17NO3S/c1-8-4-5-9(2)12(6-8)18(16,17)14-13(15)11-7-10(11)3/h4-6,10-11H,7H2,1-3H3,(H,14,15). The molecule has 0 spiro atoms. The zero-order chi connectivity index (χ0) is 13.5. The van der Waals surface area contributed by atoms with Crippen molar-refractivity contribution in [2.24, 2.45) is 11.8 Å². The van der Waals surface area contributed by atoms with Crippen molar-refractivity contribution in [3.63, 3.8) is 0 Å². The van der Waals surface area contributed by atoms with E-state index in [1.165, 1.54) is 0 Å². The Bertz CT molecular complexity index is 592. The molecule has 0 bridgehead atoms. The van der Waals surface area contributed by atoms with Gasteiger partial charge in [-0.05, 0) is 43.4 Å². The lowest BCUT2D eigenvalue weighted by atomic mass is 10.2. The molecule has 0 saturated heterocycles. The van der Waals surface area contributed by atoms with Gasteiger partial charge < -0.3 is 0 Å². The number of benzene rings is 1. The molecule has 1 aromatic carbocycles. The van der Waals surface area contributed by atoms with Crippen molar-refractivity contribution in [2.75, 3.05) is 0 Å². The maximum Gasteiger partial charge on any atom is 0.264 e. The maximum absolute atomic E-state index is 12.1. The Morgan fingerprint density at radius 1 is 1.33 bits per heavy atom. The van der Waals surface area contributed by atoms with E-state index in [1.807, 2.05) is 19.9 Å². The highest BCUT2D eigenvalue weighted by atomic mass is 32.2. The predicted octanol–water partition coefficient (Wildman–Crippen LogP) is 1.76. The van der Waals surface area contributed by atoms with Crippen molar-refractivity contribution in [2.45, 2.75) is 32.1 Å².